The number of hydrogen-bond donors (Lipinski definition) is 2. The zero-order chi connectivity index (χ0) is 12.8. The standard InChI is InChI=1S/C11H20BrN5/c1-4-8(3)6-17(5-2)11-9(12)10(16-13)14-7-15-11/h7-8H,4-6,13H2,1-3H3,(H,14,15,16). The average molecular weight is 302 g/mol. The molecule has 96 valence electrons. The van der Waals surface area contributed by atoms with Gasteiger partial charge in [0.2, 0.25) is 0 Å². The predicted octanol–water partition coefficient (Wildman–Crippen LogP) is 2.40. The Balaban J connectivity index is 2.95. The van der Waals surface area contributed by atoms with E-state index in [-0.39, 0.29) is 0 Å². The van der Waals surface area contributed by atoms with Crippen LogP contribution in [0.15, 0.2) is 10.8 Å². The van der Waals surface area contributed by atoms with Gasteiger partial charge in [-0.15, -0.1) is 0 Å². The Morgan fingerprint density at radius 2 is 2.18 bits per heavy atom. The molecule has 1 heterocycles. The minimum absolute atomic E-state index is 0.609. The molecule has 0 fully saturated rings. The van der Waals surface area contributed by atoms with Crippen LogP contribution in [0.25, 0.3) is 0 Å². The lowest BCUT2D eigenvalue weighted by atomic mass is 10.1. The molecule has 0 aliphatic carbocycles. The monoisotopic (exact) mass is 301 g/mol. The van der Waals surface area contributed by atoms with Crippen molar-refractivity contribution >= 4 is 27.6 Å². The minimum Gasteiger partial charge on any atom is -0.356 e. The first-order chi connectivity index (χ1) is 8.13. The average Bonchev–Trinajstić information content (AvgIpc) is 2.36. The van der Waals surface area contributed by atoms with E-state index < -0.39 is 0 Å². The van der Waals surface area contributed by atoms with Gasteiger partial charge in [-0.25, -0.2) is 15.8 Å². The molecule has 1 aromatic rings. The molecule has 0 aliphatic rings. The fourth-order valence-corrected chi connectivity index (χ4v) is 2.12. The molecule has 1 unspecified atom stereocenters. The number of nitrogens with zero attached hydrogens (tertiary/aromatic N) is 3. The molecule has 1 rings (SSSR count). The molecule has 0 saturated heterocycles. The van der Waals surface area contributed by atoms with Crippen molar-refractivity contribution in [2.75, 3.05) is 23.4 Å². The van der Waals surface area contributed by atoms with Gasteiger partial charge in [-0.05, 0) is 28.8 Å². The fourth-order valence-electron chi connectivity index (χ4n) is 1.55. The second-order valence-corrected chi connectivity index (χ2v) is 4.85. The summed E-state index contributed by atoms with van der Waals surface area (Å²) < 4.78 is 0.813. The number of hydrogen-bond acceptors (Lipinski definition) is 5. The first-order valence-corrected chi connectivity index (χ1v) is 6.65. The van der Waals surface area contributed by atoms with Gasteiger partial charge in [-0.1, -0.05) is 20.3 Å². The van der Waals surface area contributed by atoms with E-state index in [9.17, 15) is 0 Å². The van der Waals surface area contributed by atoms with Gasteiger partial charge in [-0.3, -0.25) is 0 Å². The largest absolute Gasteiger partial charge is 0.356 e. The summed E-state index contributed by atoms with van der Waals surface area (Å²) in [4.78, 5) is 10.6. The maximum Gasteiger partial charge on any atom is 0.159 e. The highest BCUT2D eigenvalue weighted by atomic mass is 79.9. The number of nitrogen functional groups attached to an aromatic ring is 1. The third-order valence-corrected chi connectivity index (χ3v) is 3.55. The topological polar surface area (TPSA) is 67.1 Å². The van der Waals surface area contributed by atoms with Gasteiger partial charge in [0.25, 0.3) is 0 Å². The summed E-state index contributed by atoms with van der Waals surface area (Å²) in [6.45, 7) is 8.43. The second kappa shape index (κ2) is 6.76. The molecule has 0 aliphatic heterocycles. The minimum atomic E-state index is 0.609. The molecule has 0 spiro atoms. The van der Waals surface area contributed by atoms with Crippen LogP contribution in [-0.2, 0) is 0 Å². The zero-order valence-corrected chi connectivity index (χ0v) is 12.2. The number of nitrogens with one attached hydrogen (secondary N) is 1. The van der Waals surface area contributed by atoms with E-state index in [4.69, 9.17) is 5.84 Å². The molecule has 0 aromatic carbocycles. The maximum atomic E-state index is 5.40. The maximum absolute atomic E-state index is 5.40. The van der Waals surface area contributed by atoms with Gasteiger partial charge in [0.05, 0.1) is 0 Å². The predicted molar refractivity (Wildman–Crippen MR) is 74.9 cm³/mol. The van der Waals surface area contributed by atoms with E-state index in [1.165, 1.54) is 6.33 Å². The van der Waals surface area contributed by atoms with Crippen molar-refractivity contribution in [3.8, 4) is 0 Å². The second-order valence-electron chi connectivity index (χ2n) is 4.06. The first kappa shape index (κ1) is 14.2. The van der Waals surface area contributed by atoms with Gasteiger partial charge in [0, 0.05) is 13.1 Å². The molecule has 17 heavy (non-hydrogen) atoms. The highest BCUT2D eigenvalue weighted by molar-refractivity contribution is 9.10. The van der Waals surface area contributed by atoms with Crippen molar-refractivity contribution in [3.05, 3.63) is 10.8 Å². The zero-order valence-electron chi connectivity index (χ0n) is 10.6. The molecule has 0 radical (unpaired) electrons. The molecule has 3 N–H and O–H groups in total. The lowest BCUT2D eigenvalue weighted by Gasteiger charge is -2.26. The summed E-state index contributed by atoms with van der Waals surface area (Å²) in [5.41, 5.74) is 2.56. The van der Waals surface area contributed by atoms with Crippen molar-refractivity contribution in [2.45, 2.75) is 27.2 Å². The van der Waals surface area contributed by atoms with E-state index in [0.717, 1.165) is 29.8 Å². The number of rotatable bonds is 6. The molecule has 0 amide bonds. The van der Waals surface area contributed by atoms with E-state index in [1.54, 1.807) is 0 Å². The Morgan fingerprint density at radius 1 is 1.47 bits per heavy atom. The van der Waals surface area contributed by atoms with E-state index in [2.05, 4.69) is 57.0 Å². The molecule has 0 bridgehead atoms. The highest BCUT2D eigenvalue weighted by Crippen LogP contribution is 2.29. The highest BCUT2D eigenvalue weighted by Gasteiger charge is 2.15. The third kappa shape index (κ3) is 3.54. The van der Waals surface area contributed by atoms with Crippen LogP contribution >= 0.6 is 15.9 Å². The normalized spacial score (nSPS) is 12.3. The van der Waals surface area contributed by atoms with Crippen LogP contribution in [0.4, 0.5) is 11.6 Å². The van der Waals surface area contributed by atoms with Crippen LogP contribution in [0, 0.1) is 5.92 Å². The van der Waals surface area contributed by atoms with E-state index in [1.807, 2.05) is 0 Å². The summed E-state index contributed by atoms with van der Waals surface area (Å²) >= 11 is 3.49. The van der Waals surface area contributed by atoms with Gasteiger partial charge in [0.1, 0.15) is 16.6 Å². The third-order valence-electron chi connectivity index (χ3n) is 2.82. The van der Waals surface area contributed by atoms with Crippen LogP contribution in [-0.4, -0.2) is 23.1 Å². The molecule has 5 nitrogen and oxygen atoms in total. The van der Waals surface area contributed by atoms with Crippen molar-refractivity contribution in [1.82, 2.24) is 9.97 Å². The SMILES string of the molecule is CCC(C)CN(CC)c1ncnc(NN)c1Br. The molecular weight excluding hydrogens is 282 g/mol. The lowest BCUT2D eigenvalue weighted by Crippen LogP contribution is -2.29. The van der Waals surface area contributed by atoms with Gasteiger partial charge in [-0.2, -0.15) is 0 Å². The van der Waals surface area contributed by atoms with Crippen molar-refractivity contribution < 1.29 is 0 Å². The summed E-state index contributed by atoms with van der Waals surface area (Å²) in [6, 6.07) is 0. The quantitative estimate of drug-likeness (QED) is 0.624. The number of aromatic nitrogens is 2. The number of hydrazine groups is 1. The Morgan fingerprint density at radius 3 is 2.71 bits per heavy atom. The Hall–Kier alpha value is -0.880. The van der Waals surface area contributed by atoms with E-state index >= 15 is 0 Å². The summed E-state index contributed by atoms with van der Waals surface area (Å²) in [5, 5.41) is 0. The van der Waals surface area contributed by atoms with Crippen molar-refractivity contribution in [2.24, 2.45) is 11.8 Å². The summed E-state index contributed by atoms with van der Waals surface area (Å²) in [5.74, 6) is 7.52. The number of halogens is 1. The molecule has 6 heteroatoms. The number of nitrogens with two attached hydrogens (primary N) is 1. The molecule has 0 saturated carbocycles. The van der Waals surface area contributed by atoms with Crippen molar-refractivity contribution in [1.29, 1.82) is 0 Å². The smallest absolute Gasteiger partial charge is 0.159 e. The van der Waals surface area contributed by atoms with Crippen molar-refractivity contribution in [3.63, 3.8) is 0 Å². The van der Waals surface area contributed by atoms with Crippen LogP contribution in [0.5, 0.6) is 0 Å². The van der Waals surface area contributed by atoms with Crippen LogP contribution in [0.2, 0.25) is 0 Å². The Bertz CT molecular complexity index is 358. The Kier molecular flexibility index (Phi) is 5.64. The Labute approximate surface area is 111 Å². The lowest BCUT2D eigenvalue weighted by molar-refractivity contribution is 0.545. The number of anilines is 2. The molecule has 1 aromatic heterocycles. The van der Waals surface area contributed by atoms with Gasteiger partial charge >= 0.3 is 0 Å². The summed E-state index contributed by atoms with van der Waals surface area (Å²) in [7, 11) is 0. The van der Waals surface area contributed by atoms with Gasteiger partial charge in [0.15, 0.2) is 5.82 Å². The molecule has 1 atom stereocenters. The molecular formula is C11H20BrN5. The van der Waals surface area contributed by atoms with Crippen LogP contribution < -0.4 is 16.2 Å². The first-order valence-electron chi connectivity index (χ1n) is 5.86. The summed E-state index contributed by atoms with van der Waals surface area (Å²) in [6.07, 6.45) is 2.68. The van der Waals surface area contributed by atoms with Crippen LogP contribution in [0.1, 0.15) is 27.2 Å². The van der Waals surface area contributed by atoms with Gasteiger partial charge < -0.3 is 10.3 Å². The van der Waals surface area contributed by atoms with E-state index in [0.29, 0.717) is 11.7 Å². The fraction of sp³-hybridized carbons (Fsp3) is 0.636. The van der Waals surface area contributed by atoms with Crippen LogP contribution in [0.3, 0.4) is 0 Å².